The molecule has 0 aromatic heterocycles. The second-order valence-electron chi connectivity index (χ2n) is 4.35. The van der Waals surface area contributed by atoms with Crippen molar-refractivity contribution in [2.75, 3.05) is 13.2 Å². The zero-order chi connectivity index (χ0) is 13.8. The van der Waals surface area contributed by atoms with Crippen LogP contribution in [0.15, 0.2) is 24.3 Å². The smallest absolute Gasteiger partial charge is 0.306 e. The molecule has 1 fully saturated rings. The van der Waals surface area contributed by atoms with Crippen LogP contribution in [0.3, 0.4) is 0 Å². The van der Waals surface area contributed by atoms with E-state index in [-0.39, 0.29) is 0 Å². The van der Waals surface area contributed by atoms with Crippen LogP contribution in [-0.2, 0) is 14.3 Å². The SMILES string of the molecule is O=C(O)CC(O)C(O)c1ccc(C2OCCO2)cc1. The van der Waals surface area contributed by atoms with Gasteiger partial charge in [-0.2, -0.15) is 0 Å². The van der Waals surface area contributed by atoms with Gasteiger partial charge in [-0.25, -0.2) is 0 Å². The maximum atomic E-state index is 10.5. The summed E-state index contributed by atoms with van der Waals surface area (Å²) < 4.78 is 10.7. The highest BCUT2D eigenvalue weighted by Crippen LogP contribution is 2.26. The highest BCUT2D eigenvalue weighted by atomic mass is 16.7. The molecule has 0 amide bonds. The maximum absolute atomic E-state index is 10.5. The van der Waals surface area contributed by atoms with Gasteiger partial charge in [-0.05, 0) is 5.56 Å². The minimum Gasteiger partial charge on any atom is -0.481 e. The van der Waals surface area contributed by atoms with Gasteiger partial charge in [0.1, 0.15) is 6.10 Å². The Morgan fingerprint density at radius 3 is 2.32 bits per heavy atom. The summed E-state index contributed by atoms with van der Waals surface area (Å²) >= 11 is 0. The summed E-state index contributed by atoms with van der Waals surface area (Å²) in [6.07, 6.45) is -3.45. The first kappa shape index (κ1) is 14.0. The lowest BCUT2D eigenvalue weighted by atomic mass is 10.0. The molecule has 6 nitrogen and oxygen atoms in total. The summed E-state index contributed by atoms with van der Waals surface area (Å²) in [5, 5.41) is 27.9. The molecule has 0 spiro atoms. The third-order valence-electron chi connectivity index (χ3n) is 2.92. The molecule has 2 atom stereocenters. The van der Waals surface area contributed by atoms with Crippen molar-refractivity contribution in [1.82, 2.24) is 0 Å². The van der Waals surface area contributed by atoms with Crippen molar-refractivity contribution in [2.45, 2.75) is 24.9 Å². The number of aliphatic hydroxyl groups excluding tert-OH is 2. The molecule has 3 N–H and O–H groups in total. The number of hydrogen-bond acceptors (Lipinski definition) is 5. The van der Waals surface area contributed by atoms with Gasteiger partial charge in [0, 0.05) is 5.56 Å². The molecule has 1 heterocycles. The molecule has 1 aromatic rings. The molecule has 2 rings (SSSR count). The minimum atomic E-state index is -1.33. The molecule has 0 bridgehead atoms. The molecular weight excluding hydrogens is 252 g/mol. The number of aliphatic hydroxyl groups is 2. The molecule has 1 aliphatic heterocycles. The van der Waals surface area contributed by atoms with Gasteiger partial charge in [0.05, 0.1) is 25.7 Å². The van der Waals surface area contributed by atoms with Crippen molar-refractivity contribution < 1.29 is 29.6 Å². The number of carboxylic acids is 1. The van der Waals surface area contributed by atoms with E-state index in [4.69, 9.17) is 14.6 Å². The molecule has 0 radical (unpaired) electrons. The van der Waals surface area contributed by atoms with E-state index in [1.807, 2.05) is 0 Å². The Hall–Kier alpha value is -1.47. The Morgan fingerprint density at radius 2 is 1.79 bits per heavy atom. The summed E-state index contributed by atoms with van der Waals surface area (Å²) in [6.45, 7) is 1.10. The number of aliphatic carboxylic acids is 1. The van der Waals surface area contributed by atoms with Crippen molar-refractivity contribution in [2.24, 2.45) is 0 Å². The first-order valence-corrected chi connectivity index (χ1v) is 5.99. The van der Waals surface area contributed by atoms with Crippen LogP contribution in [0.1, 0.15) is 29.9 Å². The van der Waals surface area contributed by atoms with Gasteiger partial charge in [0.15, 0.2) is 6.29 Å². The van der Waals surface area contributed by atoms with Crippen LogP contribution in [-0.4, -0.2) is 40.6 Å². The van der Waals surface area contributed by atoms with Crippen LogP contribution >= 0.6 is 0 Å². The summed E-state index contributed by atoms with van der Waals surface area (Å²) in [4.78, 5) is 10.5. The lowest BCUT2D eigenvalue weighted by Gasteiger charge is -2.17. The minimum absolute atomic E-state index is 0.393. The molecule has 0 saturated carbocycles. The number of ether oxygens (including phenoxy) is 2. The zero-order valence-electron chi connectivity index (χ0n) is 10.2. The lowest BCUT2D eigenvalue weighted by Crippen LogP contribution is -2.21. The number of hydrogen-bond donors (Lipinski definition) is 3. The standard InChI is InChI=1S/C13H16O6/c14-10(7-11(15)16)12(17)8-1-3-9(4-2-8)13-18-5-6-19-13/h1-4,10,12-14,17H,5-7H2,(H,15,16). The van der Waals surface area contributed by atoms with Crippen molar-refractivity contribution in [3.8, 4) is 0 Å². The summed E-state index contributed by atoms with van der Waals surface area (Å²) in [7, 11) is 0. The first-order valence-electron chi connectivity index (χ1n) is 5.99. The second-order valence-corrected chi connectivity index (χ2v) is 4.35. The van der Waals surface area contributed by atoms with Gasteiger partial charge in [0.25, 0.3) is 0 Å². The average Bonchev–Trinajstić information content (AvgIpc) is 2.91. The van der Waals surface area contributed by atoms with Crippen molar-refractivity contribution in [3.05, 3.63) is 35.4 Å². The van der Waals surface area contributed by atoms with Crippen LogP contribution in [0.5, 0.6) is 0 Å². The first-order chi connectivity index (χ1) is 9.08. The fourth-order valence-electron chi connectivity index (χ4n) is 1.91. The molecule has 1 saturated heterocycles. The van der Waals surface area contributed by atoms with E-state index >= 15 is 0 Å². The molecule has 0 aliphatic carbocycles. The number of carbonyl (C=O) groups is 1. The Bertz CT molecular complexity index is 423. The van der Waals surface area contributed by atoms with Crippen LogP contribution in [0.25, 0.3) is 0 Å². The maximum Gasteiger partial charge on any atom is 0.306 e. The molecule has 104 valence electrons. The molecule has 1 aliphatic rings. The second kappa shape index (κ2) is 6.12. The third-order valence-corrected chi connectivity index (χ3v) is 2.92. The highest BCUT2D eigenvalue weighted by molar-refractivity contribution is 5.67. The zero-order valence-corrected chi connectivity index (χ0v) is 10.2. The van der Waals surface area contributed by atoms with Crippen LogP contribution < -0.4 is 0 Å². The summed E-state index contributed by atoms with van der Waals surface area (Å²) in [5.74, 6) is -1.16. The predicted molar refractivity (Wildman–Crippen MR) is 64.3 cm³/mol. The Balaban J connectivity index is 2.02. The van der Waals surface area contributed by atoms with E-state index < -0.39 is 30.9 Å². The van der Waals surface area contributed by atoms with E-state index in [0.29, 0.717) is 18.8 Å². The highest BCUT2D eigenvalue weighted by Gasteiger charge is 2.22. The quantitative estimate of drug-likeness (QED) is 0.723. The molecule has 19 heavy (non-hydrogen) atoms. The number of carboxylic acid groups (broad SMARTS) is 1. The average molecular weight is 268 g/mol. The van der Waals surface area contributed by atoms with Gasteiger partial charge in [-0.15, -0.1) is 0 Å². The normalized spacial score (nSPS) is 19.3. The number of benzene rings is 1. The number of rotatable bonds is 5. The van der Waals surface area contributed by atoms with Crippen molar-refractivity contribution >= 4 is 5.97 Å². The van der Waals surface area contributed by atoms with Crippen LogP contribution in [0, 0.1) is 0 Å². The van der Waals surface area contributed by atoms with E-state index in [0.717, 1.165) is 5.56 Å². The molecule has 2 unspecified atom stereocenters. The fraction of sp³-hybridized carbons (Fsp3) is 0.462. The monoisotopic (exact) mass is 268 g/mol. The third kappa shape index (κ3) is 3.51. The van der Waals surface area contributed by atoms with Crippen molar-refractivity contribution in [3.63, 3.8) is 0 Å². The topological polar surface area (TPSA) is 96.2 Å². The summed E-state index contributed by atoms with van der Waals surface area (Å²) in [5.41, 5.74) is 1.27. The van der Waals surface area contributed by atoms with Gasteiger partial charge >= 0.3 is 5.97 Å². The fourth-order valence-corrected chi connectivity index (χ4v) is 1.91. The van der Waals surface area contributed by atoms with E-state index in [9.17, 15) is 15.0 Å². The van der Waals surface area contributed by atoms with Gasteiger partial charge in [-0.1, -0.05) is 24.3 Å². The van der Waals surface area contributed by atoms with Crippen molar-refractivity contribution in [1.29, 1.82) is 0 Å². The molecule has 1 aromatic carbocycles. The summed E-state index contributed by atoms with van der Waals surface area (Å²) in [6, 6.07) is 6.69. The van der Waals surface area contributed by atoms with Crippen LogP contribution in [0.2, 0.25) is 0 Å². The van der Waals surface area contributed by atoms with Gasteiger partial charge in [0.2, 0.25) is 0 Å². The Kier molecular flexibility index (Phi) is 4.49. The Labute approximate surface area is 110 Å². The van der Waals surface area contributed by atoms with E-state index in [1.54, 1.807) is 24.3 Å². The molecule has 6 heteroatoms. The van der Waals surface area contributed by atoms with Gasteiger partial charge in [-0.3, -0.25) is 4.79 Å². The predicted octanol–water partition coefficient (Wildman–Crippen LogP) is 0.601. The lowest BCUT2D eigenvalue weighted by molar-refractivity contribution is -0.141. The largest absolute Gasteiger partial charge is 0.481 e. The molecular formula is C13H16O6. The van der Waals surface area contributed by atoms with E-state index in [1.165, 1.54) is 0 Å². The van der Waals surface area contributed by atoms with E-state index in [2.05, 4.69) is 0 Å². The van der Waals surface area contributed by atoms with Crippen LogP contribution in [0.4, 0.5) is 0 Å². The van der Waals surface area contributed by atoms with Gasteiger partial charge < -0.3 is 24.8 Å². The Morgan fingerprint density at radius 1 is 1.21 bits per heavy atom.